The molecular formula is C22H35NO. The second kappa shape index (κ2) is 5.71. The second-order valence-corrected chi connectivity index (χ2v) is 9.52. The third-order valence-electron chi connectivity index (χ3n) is 8.60. The molecule has 0 spiro atoms. The molecule has 2 heteroatoms. The molecule has 2 saturated carbocycles. The molecule has 0 aromatic heterocycles. The van der Waals surface area contributed by atoms with Crippen molar-refractivity contribution in [3.63, 3.8) is 0 Å². The molecule has 7 atom stereocenters. The summed E-state index contributed by atoms with van der Waals surface area (Å²) in [5, 5.41) is 13.8. The first-order valence-electron chi connectivity index (χ1n) is 10.2. The van der Waals surface area contributed by atoms with E-state index in [0.717, 1.165) is 17.8 Å². The summed E-state index contributed by atoms with van der Waals surface area (Å²) in [4.78, 5) is 0. The number of rotatable bonds is 2. The number of hydrogen-bond donors (Lipinski definition) is 2. The predicted molar refractivity (Wildman–Crippen MR) is 99.7 cm³/mol. The zero-order valence-corrected chi connectivity index (χ0v) is 15.9. The lowest BCUT2D eigenvalue weighted by molar-refractivity contribution is -0.0245. The van der Waals surface area contributed by atoms with Crippen LogP contribution in [0.2, 0.25) is 0 Å². The quantitative estimate of drug-likeness (QED) is 0.733. The molecule has 0 saturated heterocycles. The molecule has 0 aromatic rings. The Bertz CT molecular complexity index is 577. The topological polar surface area (TPSA) is 32.3 Å². The zero-order chi connectivity index (χ0) is 17.1. The van der Waals surface area contributed by atoms with Gasteiger partial charge in [0.1, 0.15) is 0 Å². The number of aliphatic hydroxyl groups excluding tert-OH is 1. The van der Waals surface area contributed by atoms with E-state index in [1.54, 1.807) is 5.57 Å². The van der Waals surface area contributed by atoms with Crippen molar-refractivity contribution in [2.24, 2.45) is 28.6 Å². The van der Waals surface area contributed by atoms with Crippen LogP contribution in [0.5, 0.6) is 0 Å². The minimum Gasteiger partial charge on any atom is -0.389 e. The average Bonchev–Trinajstić information content (AvgIpc) is 2.91. The SMILES string of the molecule is CN[C@H]1CC[C@@]2(C)C(=CC[C@@H]3[C@@H]2CC[C@]2(C)C([C@H](C)O)=CC[C@@H]32)C1. The number of aliphatic hydroxyl groups is 1. The Morgan fingerprint density at radius 2 is 1.83 bits per heavy atom. The van der Waals surface area contributed by atoms with Crippen LogP contribution < -0.4 is 5.32 Å². The fourth-order valence-electron chi connectivity index (χ4n) is 7.16. The first-order chi connectivity index (χ1) is 11.4. The molecule has 24 heavy (non-hydrogen) atoms. The fourth-order valence-corrected chi connectivity index (χ4v) is 7.16. The third-order valence-corrected chi connectivity index (χ3v) is 8.60. The van der Waals surface area contributed by atoms with Gasteiger partial charge in [-0.3, -0.25) is 0 Å². The van der Waals surface area contributed by atoms with Crippen molar-refractivity contribution < 1.29 is 5.11 Å². The summed E-state index contributed by atoms with van der Waals surface area (Å²) < 4.78 is 0. The molecule has 0 bridgehead atoms. The van der Waals surface area contributed by atoms with E-state index in [1.807, 2.05) is 6.92 Å². The van der Waals surface area contributed by atoms with Crippen LogP contribution in [0.1, 0.15) is 65.7 Å². The summed E-state index contributed by atoms with van der Waals surface area (Å²) in [6.07, 6.45) is 13.8. The number of nitrogens with one attached hydrogen (secondary N) is 1. The van der Waals surface area contributed by atoms with Gasteiger partial charge >= 0.3 is 0 Å². The van der Waals surface area contributed by atoms with Gasteiger partial charge in [0.25, 0.3) is 0 Å². The maximum atomic E-state index is 10.3. The smallest absolute Gasteiger partial charge is 0.0727 e. The normalized spacial score (nSPS) is 48.7. The summed E-state index contributed by atoms with van der Waals surface area (Å²) in [6.45, 7) is 6.98. The van der Waals surface area contributed by atoms with Crippen molar-refractivity contribution >= 4 is 0 Å². The van der Waals surface area contributed by atoms with Gasteiger partial charge in [-0.2, -0.15) is 0 Å². The summed E-state index contributed by atoms with van der Waals surface area (Å²) >= 11 is 0. The molecule has 0 heterocycles. The molecule has 0 amide bonds. The highest BCUT2D eigenvalue weighted by molar-refractivity contribution is 5.31. The van der Waals surface area contributed by atoms with Gasteiger partial charge in [-0.15, -0.1) is 0 Å². The minimum atomic E-state index is -0.270. The maximum Gasteiger partial charge on any atom is 0.0727 e. The highest BCUT2D eigenvalue weighted by Crippen LogP contribution is 2.65. The molecule has 4 aliphatic carbocycles. The molecule has 0 unspecified atom stereocenters. The lowest BCUT2D eigenvalue weighted by Gasteiger charge is -2.58. The van der Waals surface area contributed by atoms with Crippen molar-refractivity contribution in [2.45, 2.75) is 77.9 Å². The zero-order valence-electron chi connectivity index (χ0n) is 15.9. The molecule has 134 valence electrons. The van der Waals surface area contributed by atoms with Gasteiger partial charge in [0.05, 0.1) is 6.10 Å². The van der Waals surface area contributed by atoms with Gasteiger partial charge in [-0.05, 0) is 93.1 Å². The van der Waals surface area contributed by atoms with E-state index in [4.69, 9.17) is 0 Å². The molecule has 0 aliphatic heterocycles. The van der Waals surface area contributed by atoms with Crippen molar-refractivity contribution in [2.75, 3.05) is 7.05 Å². The molecule has 2 N–H and O–H groups in total. The molecule has 2 nitrogen and oxygen atoms in total. The Labute approximate surface area is 147 Å². The monoisotopic (exact) mass is 329 g/mol. The molecule has 0 aromatic carbocycles. The van der Waals surface area contributed by atoms with E-state index in [1.165, 1.54) is 50.5 Å². The number of hydrogen-bond acceptors (Lipinski definition) is 2. The van der Waals surface area contributed by atoms with E-state index in [9.17, 15) is 5.11 Å². The Morgan fingerprint density at radius 3 is 2.54 bits per heavy atom. The Balaban J connectivity index is 1.63. The summed E-state index contributed by atoms with van der Waals surface area (Å²) in [6, 6.07) is 0.685. The first kappa shape index (κ1) is 16.8. The van der Waals surface area contributed by atoms with E-state index in [-0.39, 0.29) is 11.5 Å². The lowest BCUT2D eigenvalue weighted by Crippen LogP contribution is -2.51. The number of fused-ring (bicyclic) bond motifs is 5. The average molecular weight is 330 g/mol. The molecule has 0 radical (unpaired) electrons. The Hall–Kier alpha value is -0.600. The second-order valence-electron chi connectivity index (χ2n) is 9.52. The standard InChI is InChI=1S/C22H35NO/c1-14(24)18-7-8-19-17-6-5-15-13-16(23-4)9-11-21(15,2)20(17)10-12-22(18,19)3/h5,7,14,16-17,19-20,23-24H,6,8-13H2,1-4H3/t14-,16-,17-,19-,20-,21-,22+/m0/s1. The van der Waals surface area contributed by atoms with E-state index in [2.05, 4.69) is 38.4 Å². The van der Waals surface area contributed by atoms with E-state index >= 15 is 0 Å². The molecule has 4 aliphatic rings. The summed E-state index contributed by atoms with van der Waals surface area (Å²) in [7, 11) is 2.12. The predicted octanol–water partition coefficient (Wildman–Crippen LogP) is 4.45. The van der Waals surface area contributed by atoms with Gasteiger partial charge in [0, 0.05) is 6.04 Å². The molecule has 4 rings (SSSR count). The number of allylic oxidation sites excluding steroid dienone is 2. The maximum absolute atomic E-state index is 10.3. The van der Waals surface area contributed by atoms with Crippen LogP contribution >= 0.6 is 0 Å². The van der Waals surface area contributed by atoms with E-state index < -0.39 is 0 Å². The van der Waals surface area contributed by atoms with Crippen LogP contribution in [-0.2, 0) is 0 Å². The van der Waals surface area contributed by atoms with Crippen LogP contribution in [0.3, 0.4) is 0 Å². The van der Waals surface area contributed by atoms with Gasteiger partial charge in [0.15, 0.2) is 0 Å². The van der Waals surface area contributed by atoms with Crippen LogP contribution in [-0.4, -0.2) is 24.3 Å². The van der Waals surface area contributed by atoms with Crippen LogP contribution in [0.25, 0.3) is 0 Å². The van der Waals surface area contributed by atoms with Crippen LogP contribution in [0.15, 0.2) is 23.3 Å². The Kier molecular flexibility index (Phi) is 4.01. The largest absolute Gasteiger partial charge is 0.389 e. The van der Waals surface area contributed by atoms with Gasteiger partial charge in [-0.25, -0.2) is 0 Å². The summed E-state index contributed by atoms with van der Waals surface area (Å²) in [5.41, 5.74) is 3.77. The molecular weight excluding hydrogens is 294 g/mol. The van der Waals surface area contributed by atoms with Crippen molar-refractivity contribution in [3.05, 3.63) is 23.3 Å². The summed E-state index contributed by atoms with van der Waals surface area (Å²) in [5.74, 6) is 2.42. The van der Waals surface area contributed by atoms with Crippen molar-refractivity contribution in [3.8, 4) is 0 Å². The van der Waals surface area contributed by atoms with Crippen molar-refractivity contribution in [1.29, 1.82) is 0 Å². The van der Waals surface area contributed by atoms with Crippen LogP contribution in [0, 0.1) is 28.6 Å². The van der Waals surface area contributed by atoms with Gasteiger partial charge < -0.3 is 10.4 Å². The third kappa shape index (κ3) is 2.22. The lowest BCUT2D eigenvalue weighted by atomic mass is 9.47. The highest BCUT2D eigenvalue weighted by Gasteiger charge is 2.56. The Morgan fingerprint density at radius 1 is 1.08 bits per heavy atom. The van der Waals surface area contributed by atoms with Crippen LogP contribution in [0.4, 0.5) is 0 Å². The minimum absolute atomic E-state index is 0.249. The van der Waals surface area contributed by atoms with Crippen molar-refractivity contribution in [1.82, 2.24) is 5.32 Å². The van der Waals surface area contributed by atoms with Gasteiger partial charge in [-0.1, -0.05) is 31.6 Å². The first-order valence-corrected chi connectivity index (χ1v) is 10.2. The highest BCUT2D eigenvalue weighted by atomic mass is 16.3. The van der Waals surface area contributed by atoms with Gasteiger partial charge in [0.2, 0.25) is 0 Å². The van der Waals surface area contributed by atoms with E-state index in [0.29, 0.717) is 11.5 Å². The fraction of sp³-hybridized carbons (Fsp3) is 0.818. The molecule has 2 fully saturated rings.